The van der Waals surface area contributed by atoms with Crippen LogP contribution in [0.15, 0.2) is 48.5 Å². The number of ether oxygens (including phenoxy) is 1. The number of esters is 1. The van der Waals surface area contributed by atoms with E-state index in [1.807, 2.05) is 42.5 Å². The molecule has 0 unspecified atom stereocenters. The lowest BCUT2D eigenvalue weighted by Crippen LogP contribution is -2.09. The van der Waals surface area contributed by atoms with E-state index in [9.17, 15) is 9.59 Å². The Morgan fingerprint density at radius 1 is 0.923 bits per heavy atom. The van der Waals surface area contributed by atoms with Crippen LogP contribution in [-0.4, -0.2) is 19.0 Å². The van der Waals surface area contributed by atoms with Gasteiger partial charge in [-0.3, -0.25) is 4.79 Å². The number of nitrogens with one attached hydrogen (secondary N) is 1. The zero-order valence-electron chi connectivity index (χ0n) is 13.7. The highest BCUT2D eigenvalue weighted by Crippen LogP contribution is 2.30. The number of benzene rings is 2. The van der Waals surface area contributed by atoms with E-state index in [1.165, 1.54) is 29.8 Å². The third kappa shape index (κ3) is 3.02. The standard InChI is InChI=1S/C19H14N2O3S2/c1-24-19(23)17-9-11-7-13(3-5-15(11)26-17)21-18(22)16-8-10-6-12(20)2-4-14(10)25-16/h2-9H,20H2,1H3,(H,21,22). The first-order valence-electron chi connectivity index (χ1n) is 7.76. The van der Waals surface area contributed by atoms with Crippen molar-refractivity contribution in [3.8, 4) is 0 Å². The minimum atomic E-state index is -0.360. The van der Waals surface area contributed by atoms with E-state index in [2.05, 4.69) is 5.32 Å². The van der Waals surface area contributed by atoms with Gasteiger partial charge in [0.2, 0.25) is 0 Å². The molecular weight excluding hydrogens is 368 g/mol. The van der Waals surface area contributed by atoms with Crippen LogP contribution in [0.5, 0.6) is 0 Å². The lowest BCUT2D eigenvalue weighted by molar-refractivity contribution is 0.0606. The Labute approximate surface area is 157 Å². The number of anilines is 2. The van der Waals surface area contributed by atoms with Crippen molar-refractivity contribution in [2.45, 2.75) is 0 Å². The van der Waals surface area contributed by atoms with Gasteiger partial charge in [-0.05, 0) is 59.3 Å². The maximum atomic E-state index is 12.6. The Morgan fingerprint density at radius 3 is 2.35 bits per heavy atom. The Kier molecular flexibility index (Phi) is 4.10. The molecule has 4 aromatic rings. The van der Waals surface area contributed by atoms with Crippen LogP contribution in [0.1, 0.15) is 19.3 Å². The molecule has 3 N–H and O–H groups in total. The molecule has 4 rings (SSSR count). The first-order chi connectivity index (χ1) is 12.5. The maximum Gasteiger partial charge on any atom is 0.348 e. The van der Waals surface area contributed by atoms with Crippen LogP contribution in [0, 0.1) is 0 Å². The summed E-state index contributed by atoms with van der Waals surface area (Å²) in [6.07, 6.45) is 0. The Hall–Kier alpha value is -2.90. The summed E-state index contributed by atoms with van der Waals surface area (Å²) in [5.74, 6) is -0.533. The topological polar surface area (TPSA) is 81.4 Å². The van der Waals surface area contributed by atoms with Gasteiger partial charge in [0.1, 0.15) is 4.88 Å². The van der Waals surface area contributed by atoms with Crippen molar-refractivity contribution in [2.75, 3.05) is 18.2 Å². The van der Waals surface area contributed by atoms with Gasteiger partial charge in [0.25, 0.3) is 5.91 Å². The molecule has 0 aliphatic rings. The fourth-order valence-corrected chi connectivity index (χ4v) is 4.59. The van der Waals surface area contributed by atoms with Crippen molar-refractivity contribution in [1.29, 1.82) is 0 Å². The highest BCUT2D eigenvalue weighted by molar-refractivity contribution is 7.21. The molecule has 0 saturated carbocycles. The molecule has 7 heteroatoms. The number of fused-ring (bicyclic) bond motifs is 2. The normalized spacial score (nSPS) is 11.0. The summed E-state index contributed by atoms with van der Waals surface area (Å²) in [5, 5.41) is 4.75. The molecule has 26 heavy (non-hydrogen) atoms. The molecular formula is C19H14N2O3S2. The Balaban J connectivity index is 1.60. The predicted molar refractivity (Wildman–Crippen MR) is 107 cm³/mol. The summed E-state index contributed by atoms with van der Waals surface area (Å²) in [4.78, 5) is 25.4. The second-order valence-electron chi connectivity index (χ2n) is 5.72. The lowest BCUT2D eigenvalue weighted by atomic mass is 10.2. The number of thiophene rings is 2. The molecule has 2 aromatic heterocycles. The van der Waals surface area contributed by atoms with Gasteiger partial charge in [0.15, 0.2) is 0 Å². The van der Waals surface area contributed by atoms with Crippen LogP contribution in [0.3, 0.4) is 0 Å². The van der Waals surface area contributed by atoms with E-state index in [4.69, 9.17) is 10.5 Å². The minimum absolute atomic E-state index is 0.174. The van der Waals surface area contributed by atoms with E-state index >= 15 is 0 Å². The van der Waals surface area contributed by atoms with E-state index in [0.29, 0.717) is 21.1 Å². The van der Waals surface area contributed by atoms with Crippen LogP contribution in [-0.2, 0) is 4.74 Å². The van der Waals surface area contributed by atoms with Crippen molar-refractivity contribution >= 4 is 66.1 Å². The van der Waals surface area contributed by atoms with E-state index in [1.54, 1.807) is 6.07 Å². The average Bonchev–Trinajstić information content (AvgIpc) is 3.24. The summed E-state index contributed by atoms with van der Waals surface area (Å²) >= 11 is 2.78. The second-order valence-corrected chi connectivity index (χ2v) is 7.88. The van der Waals surface area contributed by atoms with Crippen molar-refractivity contribution in [3.05, 3.63) is 58.3 Å². The zero-order valence-corrected chi connectivity index (χ0v) is 15.4. The van der Waals surface area contributed by atoms with Crippen LogP contribution in [0.25, 0.3) is 20.2 Å². The molecule has 0 aliphatic carbocycles. The number of nitrogen functional groups attached to an aromatic ring is 1. The van der Waals surface area contributed by atoms with Crippen LogP contribution < -0.4 is 11.1 Å². The van der Waals surface area contributed by atoms with Crippen LogP contribution in [0.2, 0.25) is 0 Å². The van der Waals surface area contributed by atoms with Crippen LogP contribution in [0.4, 0.5) is 11.4 Å². The molecule has 130 valence electrons. The van der Waals surface area contributed by atoms with Gasteiger partial charge in [-0.2, -0.15) is 0 Å². The van der Waals surface area contributed by atoms with E-state index in [-0.39, 0.29) is 11.9 Å². The molecule has 0 aliphatic heterocycles. The fourth-order valence-electron chi connectivity index (χ4n) is 2.69. The molecule has 0 radical (unpaired) electrons. The van der Waals surface area contributed by atoms with Crippen LogP contribution >= 0.6 is 22.7 Å². The van der Waals surface area contributed by atoms with Crippen molar-refractivity contribution in [3.63, 3.8) is 0 Å². The molecule has 5 nitrogen and oxygen atoms in total. The smallest absolute Gasteiger partial charge is 0.348 e. The average molecular weight is 382 g/mol. The monoisotopic (exact) mass is 382 g/mol. The lowest BCUT2D eigenvalue weighted by Gasteiger charge is -2.03. The first-order valence-corrected chi connectivity index (χ1v) is 9.39. The van der Waals surface area contributed by atoms with E-state index in [0.717, 1.165) is 20.2 Å². The number of methoxy groups -OCH3 is 1. The number of hydrogen-bond acceptors (Lipinski definition) is 6. The summed E-state index contributed by atoms with van der Waals surface area (Å²) < 4.78 is 6.72. The molecule has 0 bridgehead atoms. The van der Waals surface area contributed by atoms with E-state index < -0.39 is 0 Å². The predicted octanol–water partition coefficient (Wildman–Crippen LogP) is 4.74. The molecule has 2 aromatic carbocycles. The molecule has 0 spiro atoms. The van der Waals surface area contributed by atoms with Gasteiger partial charge < -0.3 is 15.8 Å². The quantitative estimate of drug-likeness (QED) is 0.396. The van der Waals surface area contributed by atoms with Gasteiger partial charge >= 0.3 is 5.97 Å². The maximum absolute atomic E-state index is 12.6. The summed E-state index contributed by atoms with van der Waals surface area (Å²) in [7, 11) is 1.36. The van der Waals surface area contributed by atoms with Gasteiger partial charge in [-0.25, -0.2) is 4.79 Å². The third-order valence-electron chi connectivity index (χ3n) is 3.92. The van der Waals surface area contributed by atoms with Gasteiger partial charge in [-0.15, -0.1) is 22.7 Å². The SMILES string of the molecule is COC(=O)c1cc2cc(NC(=O)c3cc4cc(N)ccc4s3)ccc2s1. The number of rotatable bonds is 3. The third-order valence-corrected chi connectivity index (χ3v) is 6.14. The number of nitrogens with two attached hydrogens (primary N) is 1. The highest BCUT2D eigenvalue weighted by Gasteiger charge is 2.13. The molecule has 1 amide bonds. The molecule has 2 heterocycles. The summed E-state index contributed by atoms with van der Waals surface area (Å²) in [6.45, 7) is 0. The van der Waals surface area contributed by atoms with Gasteiger partial charge in [0.05, 0.1) is 12.0 Å². The zero-order chi connectivity index (χ0) is 18.3. The van der Waals surface area contributed by atoms with Crippen molar-refractivity contribution < 1.29 is 14.3 Å². The Morgan fingerprint density at radius 2 is 1.58 bits per heavy atom. The fraction of sp³-hybridized carbons (Fsp3) is 0.0526. The molecule has 0 atom stereocenters. The number of hydrogen-bond donors (Lipinski definition) is 2. The van der Waals surface area contributed by atoms with Gasteiger partial charge in [-0.1, -0.05) is 0 Å². The van der Waals surface area contributed by atoms with Gasteiger partial charge in [0, 0.05) is 20.8 Å². The largest absolute Gasteiger partial charge is 0.465 e. The number of amides is 1. The number of carbonyl (C=O) groups is 2. The summed E-state index contributed by atoms with van der Waals surface area (Å²) in [6, 6.07) is 14.8. The molecule has 0 saturated heterocycles. The summed E-state index contributed by atoms with van der Waals surface area (Å²) in [5.41, 5.74) is 7.14. The minimum Gasteiger partial charge on any atom is -0.465 e. The molecule has 0 fully saturated rings. The first kappa shape index (κ1) is 16.6. The number of carbonyl (C=O) groups excluding carboxylic acids is 2. The highest BCUT2D eigenvalue weighted by atomic mass is 32.1. The van der Waals surface area contributed by atoms with Crippen molar-refractivity contribution in [2.24, 2.45) is 0 Å². The Bertz CT molecular complexity index is 1160. The second kappa shape index (κ2) is 6.44. The van der Waals surface area contributed by atoms with Crippen molar-refractivity contribution in [1.82, 2.24) is 0 Å².